The highest BCUT2D eigenvalue weighted by molar-refractivity contribution is 5.69. The maximum Gasteiger partial charge on any atom is 0.410 e. The van der Waals surface area contributed by atoms with E-state index in [1.165, 1.54) is 11.1 Å². The summed E-state index contributed by atoms with van der Waals surface area (Å²) in [5.74, 6) is 0. The summed E-state index contributed by atoms with van der Waals surface area (Å²) in [7, 11) is 0. The lowest BCUT2D eigenvalue weighted by molar-refractivity contribution is 0.00475. The van der Waals surface area contributed by atoms with Crippen molar-refractivity contribution in [1.82, 2.24) is 4.90 Å². The van der Waals surface area contributed by atoms with Crippen LogP contribution in [-0.2, 0) is 11.2 Å². The number of rotatable bonds is 4. The van der Waals surface area contributed by atoms with Crippen LogP contribution in [0, 0.1) is 6.92 Å². The molecule has 1 saturated heterocycles. The summed E-state index contributed by atoms with van der Waals surface area (Å²) >= 11 is 0. The molecule has 1 amide bonds. The molecule has 134 valence electrons. The normalized spacial score (nSPS) is 19.4. The third-order valence-corrected chi connectivity index (χ3v) is 4.43. The summed E-state index contributed by atoms with van der Waals surface area (Å²) in [6, 6.07) is 5.98. The molecule has 1 aromatic rings. The Morgan fingerprint density at radius 3 is 2.75 bits per heavy atom. The van der Waals surface area contributed by atoms with Crippen LogP contribution in [0.25, 0.3) is 0 Å². The Balaban J connectivity index is 2.22. The average Bonchev–Trinajstić information content (AvgIpc) is 2.95. The van der Waals surface area contributed by atoms with Crippen molar-refractivity contribution < 1.29 is 14.6 Å². The molecule has 1 aliphatic heterocycles. The van der Waals surface area contributed by atoms with Crippen molar-refractivity contribution >= 4 is 6.09 Å². The van der Waals surface area contributed by atoms with Crippen molar-refractivity contribution in [2.75, 3.05) is 6.54 Å². The van der Waals surface area contributed by atoms with E-state index in [-0.39, 0.29) is 12.1 Å². The number of amides is 1. The first-order chi connectivity index (χ1) is 11.2. The molecule has 0 radical (unpaired) electrons. The number of ether oxygens (including phenoxy) is 1. The molecule has 2 atom stereocenters. The van der Waals surface area contributed by atoms with Crippen LogP contribution in [0.2, 0.25) is 0 Å². The largest absolute Gasteiger partial charge is 0.444 e. The minimum atomic E-state index is -0.665. The zero-order valence-corrected chi connectivity index (χ0v) is 15.6. The molecule has 1 aliphatic rings. The van der Waals surface area contributed by atoms with Crippen LogP contribution in [-0.4, -0.2) is 34.3 Å². The highest BCUT2D eigenvalue weighted by Crippen LogP contribution is 2.33. The molecule has 1 N–H and O–H groups in total. The predicted molar refractivity (Wildman–Crippen MR) is 96.1 cm³/mol. The van der Waals surface area contributed by atoms with Gasteiger partial charge in [-0.05, 0) is 58.1 Å². The lowest BCUT2D eigenvalue weighted by Gasteiger charge is -2.32. The van der Waals surface area contributed by atoms with Crippen molar-refractivity contribution in [2.45, 2.75) is 78.0 Å². The Morgan fingerprint density at radius 2 is 2.12 bits per heavy atom. The molecule has 4 nitrogen and oxygen atoms in total. The van der Waals surface area contributed by atoms with Gasteiger partial charge in [0.2, 0.25) is 0 Å². The topological polar surface area (TPSA) is 49.8 Å². The van der Waals surface area contributed by atoms with Crippen LogP contribution in [0.3, 0.4) is 0 Å². The third-order valence-electron chi connectivity index (χ3n) is 4.43. The van der Waals surface area contributed by atoms with Crippen LogP contribution >= 0.6 is 0 Å². The molecular weight excluding hydrogens is 302 g/mol. The van der Waals surface area contributed by atoms with E-state index in [9.17, 15) is 9.90 Å². The molecule has 0 spiro atoms. The summed E-state index contributed by atoms with van der Waals surface area (Å²) < 4.78 is 5.51. The molecule has 1 unspecified atom stereocenters. The summed E-state index contributed by atoms with van der Waals surface area (Å²) in [4.78, 5) is 14.2. The molecule has 1 fully saturated rings. The van der Waals surface area contributed by atoms with E-state index in [1.54, 1.807) is 4.90 Å². The Labute approximate surface area is 145 Å². The lowest BCUT2D eigenvalue weighted by atomic mass is 9.92. The summed E-state index contributed by atoms with van der Waals surface area (Å²) in [6.45, 7) is 10.5. The first-order valence-corrected chi connectivity index (χ1v) is 9.00. The summed E-state index contributed by atoms with van der Waals surface area (Å²) in [5.41, 5.74) is 2.81. The van der Waals surface area contributed by atoms with Gasteiger partial charge in [-0.15, -0.1) is 0 Å². The highest BCUT2D eigenvalue weighted by Gasteiger charge is 2.37. The molecule has 1 aromatic carbocycles. The zero-order valence-electron chi connectivity index (χ0n) is 15.6. The first kappa shape index (κ1) is 18.8. The first-order valence-electron chi connectivity index (χ1n) is 9.00. The van der Waals surface area contributed by atoms with E-state index in [0.29, 0.717) is 6.54 Å². The number of aryl methyl sites for hydroxylation is 2. The van der Waals surface area contributed by atoms with Crippen LogP contribution in [0.5, 0.6) is 0 Å². The fourth-order valence-electron chi connectivity index (χ4n) is 3.38. The second-order valence-corrected chi connectivity index (χ2v) is 7.78. The van der Waals surface area contributed by atoms with E-state index >= 15 is 0 Å². The number of benzene rings is 1. The van der Waals surface area contributed by atoms with Crippen molar-refractivity contribution in [2.24, 2.45) is 0 Å². The SMILES string of the molecule is CCCc1cc(C)ccc1C(O)[C@H]1CCCN1C(=O)OC(C)(C)C. The van der Waals surface area contributed by atoms with Crippen molar-refractivity contribution in [3.05, 3.63) is 34.9 Å². The quantitative estimate of drug-likeness (QED) is 0.889. The number of carbonyl (C=O) groups is 1. The summed E-state index contributed by atoms with van der Waals surface area (Å²) in [6.07, 6.45) is 2.68. The maximum absolute atomic E-state index is 12.5. The number of nitrogens with zero attached hydrogens (tertiary/aromatic N) is 1. The summed E-state index contributed by atoms with van der Waals surface area (Å²) in [5, 5.41) is 11.0. The monoisotopic (exact) mass is 333 g/mol. The molecular formula is C20H31NO3. The van der Waals surface area contributed by atoms with E-state index in [4.69, 9.17) is 4.74 Å². The number of carbonyl (C=O) groups excluding carboxylic acids is 1. The second-order valence-electron chi connectivity index (χ2n) is 7.78. The number of likely N-dealkylation sites (tertiary alicyclic amines) is 1. The van der Waals surface area contributed by atoms with E-state index in [1.807, 2.05) is 32.9 Å². The maximum atomic E-state index is 12.5. The van der Waals surface area contributed by atoms with Gasteiger partial charge >= 0.3 is 6.09 Å². The van der Waals surface area contributed by atoms with Gasteiger partial charge in [-0.3, -0.25) is 0 Å². The highest BCUT2D eigenvalue weighted by atomic mass is 16.6. The van der Waals surface area contributed by atoms with Gasteiger partial charge in [-0.1, -0.05) is 37.1 Å². The van der Waals surface area contributed by atoms with Crippen molar-refractivity contribution in [1.29, 1.82) is 0 Å². The van der Waals surface area contributed by atoms with E-state index in [2.05, 4.69) is 19.9 Å². The Bertz CT molecular complexity index is 577. The Kier molecular flexibility index (Phi) is 5.92. The fourth-order valence-corrected chi connectivity index (χ4v) is 3.38. The van der Waals surface area contributed by atoms with Crippen LogP contribution < -0.4 is 0 Å². The second kappa shape index (κ2) is 7.56. The van der Waals surface area contributed by atoms with Gasteiger partial charge in [0.1, 0.15) is 5.60 Å². The Morgan fingerprint density at radius 1 is 1.42 bits per heavy atom. The number of aliphatic hydroxyl groups is 1. The van der Waals surface area contributed by atoms with Crippen molar-refractivity contribution in [3.8, 4) is 0 Å². The van der Waals surface area contributed by atoms with Gasteiger partial charge in [0, 0.05) is 6.54 Å². The van der Waals surface area contributed by atoms with Gasteiger partial charge in [0.05, 0.1) is 12.1 Å². The predicted octanol–water partition coefficient (Wildman–Crippen LogP) is 4.38. The van der Waals surface area contributed by atoms with Gasteiger partial charge in [-0.2, -0.15) is 0 Å². The molecule has 4 heteroatoms. The fraction of sp³-hybridized carbons (Fsp3) is 0.650. The standard InChI is InChI=1S/C20H31NO3/c1-6-8-15-13-14(2)10-11-16(15)18(22)17-9-7-12-21(17)19(23)24-20(3,4)5/h10-11,13,17-18,22H,6-9,12H2,1-5H3/t17-,18?/m1/s1. The third kappa shape index (κ3) is 4.50. The van der Waals surface area contributed by atoms with Crippen LogP contribution in [0.4, 0.5) is 4.79 Å². The molecule has 0 saturated carbocycles. The number of hydrogen-bond donors (Lipinski definition) is 1. The minimum Gasteiger partial charge on any atom is -0.444 e. The zero-order chi connectivity index (χ0) is 17.9. The van der Waals surface area contributed by atoms with Gasteiger partial charge in [0.25, 0.3) is 0 Å². The van der Waals surface area contributed by atoms with Crippen molar-refractivity contribution in [3.63, 3.8) is 0 Å². The minimum absolute atomic E-state index is 0.210. The van der Waals surface area contributed by atoms with E-state index < -0.39 is 11.7 Å². The van der Waals surface area contributed by atoms with Gasteiger partial charge < -0.3 is 14.7 Å². The molecule has 1 heterocycles. The van der Waals surface area contributed by atoms with Crippen LogP contribution in [0.1, 0.15) is 69.8 Å². The number of aliphatic hydroxyl groups excluding tert-OH is 1. The van der Waals surface area contributed by atoms with Crippen LogP contribution in [0.15, 0.2) is 18.2 Å². The Hall–Kier alpha value is -1.55. The van der Waals surface area contributed by atoms with E-state index in [0.717, 1.165) is 31.2 Å². The molecule has 24 heavy (non-hydrogen) atoms. The molecule has 2 rings (SSSR count). The lowest BCUT2D eigenvalue weighted by Crippen LogP contribution is -2.42. The smallest absolute Gasteiger partial charge is 0.410 e. The van der Waals surface area contributed by atoms with Gasteiger partial charge in [0.15, 0.2) is 0 Å². The molecule has 0 bridgehead atoms. The number of hydrogen-bond acceptors (Lipinski definition) is 3. The average molecular weight is 333 g/mol. The van der Waals surface area contributed by atoms with Gasteiger partial charge in [-0.25, -0.2) is 4.79 Å². The molecule has 0 aromatic heterocycles. The molecule has 0 aliphatic carbocycles.